The van der Waals surface area contributed by atoms with E-state index in [1.165, 1.54) is 14.2 Å². The van der Waals surface area contributed by atoms with Crippen molar-refractivity contribution in [2.75, 3.05) is 20.0 Å². The zero-order valence-electron chi connectivity index (χ0n) is 9.84. The molecule has 0 amide bonds. The summed E-state index contributed by atoms with van der Waals surface area (Å²) >= 11 is 1.05. The molecular weight excluding hydrogens is 254 g/mol. The average Bonchev–Trinajstić information content (AvgIpc) is 2.83. The lowest BCUT2D eigenvalue weighted by Gasteiger charge is -2.08. The molecule has 2 N–H and O–H groups in total. The van der Waals surface area contributed by atoms with Crippen LogP contribution in [0.15, 0.2) is 18.2 Å². The molecule has 94 valence electrons. The number of nitrogens with two attached hydrogens (primary N) is 1. The normalized spacial score (nSPS) is 10.1. The largest absolute Gasteiger partial charge is 0.493 e. The highest BCUT2D eigenvalue weighted by molar-refractivity contribution is 7.17. The molecule has 0 aliphatic rings. The van der Waals surface area contributed by atoms with E-state index in [0.29, 0.717) is 17.1 Å². The van der Waals surface area contributed by atoms with Crippen LogP contribution in [0, 0.1) is 0 Å². The van der Waals surface area contributed by atoms with Gasteiger partial charge in [0.25, 0.3) is 0 Å². The number of nitrogen functional groups attached to an aromatic ring is 1. The van der Waals surface area contributed by atoms with Crippen molar-refractivity contribution in [3.05, 3.63) is 28.8 Å². The summed E-state index contributed by atoms with van der Waals surface area (Å²) < 4.78 is 10.2. The second kappa shape index (κ2) is 5.01. The van der Waals surface area contributed by atoms with Gasteiger partial charge in [-0.2, -0.15) is 0 Å². The standard InChI is InChI=1S/C11H11N3O3S/c1-16-7-4-3-6(5-8(7)17-2)9(15)10-13-14-11(12)18-10/h3-5H,1-2H3,(H2,12,14). The van der Waals surface area contributed by atoms with Crippen molar-refractivity contribution in [2.45, 2.75) is 0 Å². The molecular formula is C11H11N3O3S. The SMILES string of the molecule is COc1ccc(C(=O)c2nnc(N)s2)cc1OC. The topological polar surface area (TPSA) is 87.3 Å². The highest BCUT2D eigenvalue weighted by atomic mass is 32.1. The number of carbonyl (C=O) groups excluding carboxylic acids is 1. The molecule has 2 aromatic rings. The fourth-order valence-electron chi connectivity index (χ4n) is 1.43. The molecule has 7 heteroatoms. The summed E-state index contributed by atoms with van der Waals surface area (Å²) in [6.45, 7) is 0. The Morgan fingerprint density at radius 3 is 2.50 bits per heavy atom. The molecule has 0 unspecified atom stereocenters. The second-order valence-electron chi connectivity index (χ2n) is 3.34. The fraction of sp³-hybridized carbons (Fsp3) is 0.182. The average molecular weight is 265 g/mol. The first-order chi connectivity index (χ1) is 8.65. The number of hydrogen-bond donors (Lipinski definition) is 1. The maximum Gasteiger partial charge on any atom is 0.223 e. The Labute approximate surface area is 107 Å². The van der Waals surface area contributed by atoms with E-state index in [2.05, 4.69) is 10.2 Å². The molecule has 0 atom stereocenters. The highest BCUT2D eigenvalue weighted by Crippen LogP contribution is 2.28. The van der Waals surface area contributed by atoms with Gasteiger partial charge in [0, 0.05) is 5.56 Å². The molecule has 6 nitrogen and oxygen atoms in total. The van der Waals surface area contributed by atoms with Gasteiger partial charge in [0.1, 0.15) is 0 Å². The minimum Gasteiger partial charge on any atom is -0.493 e. The van der Waals surface area contributed by atoms with Gasteiger partial charge in [-0.15, -0.1) is 10.2 Å². The number of hydrogen-bond acceptors (Lipinski definition) is 7. The smallest absolute Gasteiger partial charge is 0.223 e. The van der Waals surface area contributed by atoms with Crippen molar-refractivity contribution in [1.82, 2.24) is 10.2 Å². The molecule has 0 saturated carbocycles. The lowest BCUT2D eigenvalue weighted by Crippen LogP contribution is -2.02. The van der Waals surface area contributed by atoms with Gasteiger partial charge >= 0.3 is 0 Å². The number of carbonyl (C=O) groups is 1. The maximum absolute atomic E-state index is 12.1. The number of rotatable bonds is 4. The first-order valence-electron chi connectivity index (χ1n) is 5.01. The van der Waals surface area contributed by atoms with E-state index < -0.39 is 0 Å². The molecule has 2 rings (SSSR count). The molecule has 18 heavy (non-hydrogen) atoms. The number of benzene rings is 1. The minimum absolute atomic E-state index is 0.245. The summed E-state index contributed by atoms with van der Waals surface area (Å²) in [6, 6.07) is 4.90. The van der Waals surface area contributed by atoms with E-state index in [1.807, 2.05) is 0 Å². The van der Waals surface area contributed by atoms with Crippen molar-refractivity contribution in [3.63, 3.8) is 0 Å². The van der Waals surface area contributed by atoms with E-state index >= 15 is 0 Å². The summed E-state index contributed by atoms with van der Waals surface area (Å²) in [5, 5.41) is 7.83. The van der Waals surface area contributed by atoms with E-state index in [-0.39, 0.29) is 15.9 Å². The predicted molar refractivity (Wildman–Crippen MR) is 67.3 cm³/mol. The summed E-state index contributed by atoms with van der Waals surface area (Å²) in [5.41, 5.74) is 5.89. The summed E-state index contributed by atoms with van der Waals surface area (Å²) in [6.07, 6.45) is 0. The Morgan fingerprint density at radius 1 is 1.22 bits per heavy atom. The summed E-state index contributed by atoms with van der Waals surface area (Å²) in [4.78, 5) is 12.1. The van der Waals surface area contributed by atoms with E-state index in [9.17, 15) is 4.79 Å². The van der Waals surface area contributed by atoms with Crippen LogP contribution in [0.4, 0.5) is 5.13 Å². The number of ketones is 1. The number of methoxy groups -OCH3 is 2. The Hall–Kier alpha value is -2.15. The Balaban J connectivity index is 2.36. The van der Waals surface area contributed by atoms with E-state index in [4.69, 9.17) is 15.2 Å². The van der Waals surface area contributed by atoms with Crippen LogP contribution in [-0.4, -0.2) is 30.2 Å². The zero-order chi connectivity index (χ0) is 13.1. The quantitative estimate of drug-likeness (QED) is 0.840. The Morgan fingerprint density at radius 2 is 1.94 bits per heavy atom. The van der Waals surface area contributed by atoms with Gasteiger partial charge in [-0.05, 0) is 18.2 Å². The number of anilines is 1. The van der Waals surface area contributed by atoms with Gasteiger partial charge in [0.05, 0.1) is 14.2 Å². The molecule has 0 radical (unpaired) electrons. The first-order valence-corrected chi connectivity index (χ1v) is 5.83. The third-order valence-electron chi connectivity index (χ3n) is 2.28. The second-order valence-corrected chi connectivity index (χ2v) is 4.35. The molecule has 1 heterocycles. The van der Waals surface area contributed by atoms with Gasteiger partial charge in [-0.3, -0.25) is 4.79 Å². The molecule has 0 aliphatic heterocycles. The Bertz CT molecular complexity index is 583. The monoisotopic (exact) mass is 265 g/mol. The van der Waals surface area contributed by atoms with Gasteiger partial charge in [-0.1, -0.05) is 11.3 Å². The van der Waals surface area contributed by atoms with Crippen LogP contribution < -0.4 is 15.2 Å². The number of aromatic nitrogens is 2. The molecule has 1 aromatic heterocycles. The molecule has 1 aromatic carbocycles. The third kappa shape index (κ3) is 2.25. The lowest BCUT2D eigenvalue weighted by atomic mass is 10.1. The summed E-state index contributed by atoms with van der Waals surface area (Å²) in [5.74, 6) is 0.803. The van der Waals surface area contributed by atoms with Crippen LogP contribution in [0.3, 0.4) is 0 Å². The fourth-order valence-corrected chi connectivity index (χ4v) is 2.00. The van der Waals surface area contributed by atoms with Crippen LogP contribution in [-0.2, 0) is 0 Å². The van der Waals surface area contributed by atoms with E-state index in [1.54, 1.807) is 18.2 Å². The van der Waals surface area contributed by atoms with Crippen LogP contribution in [0.5, 0.6) is 11.5 Å². The molecule has 0 spiro atoms. The van der Waals surface area contributed by atoms with Crippen LogP contribution in [0.25, 0.3) is 0 Å². The molecule has 0 fully saturated rings. The molecule has 0 saturated heterocycles. The van der Waals surface area contributed by atoms with Crippen molar-refractivity contribution in [2.24, 2.45) is 0 Å². The first kappa shape index (κ1) is 12.3. The van der Waals surface area contributed by atoms with Crippen molar-refractivity contribution in [3.8, 4) is 11.5 Å². The van der Waals surface area contributed by atoms with E-state index in [0.717, 1.165) is 11.3 Å². The minimum atomic E-state index is -0.245. The van der Waals surface area contributed by atoms with Gasteiger partial charge < -0.3 is 15.2 Å². The van der Waals surface area contributed by atoms with Crippen LogP contribution in [0.1, 0.15) is 15.4 Å². The Kier molecular flexibility index (Phi) is 3.42. The van der Waals surface area contributed by atoms with Crippen molar-refractivity contribution < 1.29 is 14.3 Å². The van der Waals surface area contributed by atoms with Crippen LogP contribution in [0.2, 0.25) is 0 Å². The number of nitrogens with zero attached hydrogens (tertiary/aromatic N) is 2. The lowest BCUT2D eigenvalue weighted by molar-refractivity contribution is 0.103. The molecule has 0 bridgehead atoms. The van der Waals surface area contributed by atoms with Crippen molar-refractivity contribution >= 4 is 22.3 Å². The zero-order valence-corrected chi connectivity index (χ0v) is 10.7. The van der Waals surface area contributed by atoms with Gasteiger partial charge in [-0.25, -0.2) is 0 Å². The maximum atomic E-state index is 12.1. The van der Waals surface area contributed by atoms with Gasteiger partial charge in [0.15, 0.2) is 16.5 Å². The highest BCUT2D eigenvalue weighted by Gasteiger charge is 2.16. The van der Waals surface area contributed by atoms with Crippen LogP contribution >= 0.6 is 11.3 Å². The predicted octanol–water partition coefficient (Wildman–Crippen LogP) is 1.37. The molecule has 0 aliphatic carbocycles. The van der Waals surface area contributed by atoms with Crippen molar-refractivity contribution in [1.29, 1.82) is 0 Å². The number of ether oxygens (including phenoxy) is 2. The third-order valence-corrected chi connectivity index (χ3v) is 3.03. The van der Waals surface area contributed by atoms with Gasteiger partial charge in [0.2, 0.25) is 10.9 Å². The summed E-state index contributed by atoms with van der Waals surface area (Å²) in [7, 11) is 3.04.